The summed E-state index contributed by atoms with van der Waals surface area (Å²) in [5, 5.41) is 17.9. The van der Waals surface area contributed by atoms with Crippen molar-refractivity contribution in [1.29, 1.82) is 0 Å². The number of hydroxylamine groups is 1. The molecule has 3 aromatic rings. The Morgan fingerprint density at radius 2 is 2.00 bits per heavy atom. The molecule has 0 radical (unpaired) electrons. The molecular formula is C17H17N3O3. The quantitative estimate of drug-likeness (QED) is 0.370. The molecule has 0 fully saturated rings. The maximum Gasteiger partial charge on any atom is 0.296 e. The summed E-state index contributed by atoms with van der Waals surface area (Å²) in [4.78, 5) is 11.2. The number of aryl methyl sites for hydroxylation is 1. The van der Waals surface area contributed by atoms with Crippen molar-refractivity contribution in [2.75, 3.05) is 11.9 Å². The van der Waals surface area contributed by atoms with Gasteiger partial charge in [0.05, 0.1) is 0 Å². The second-order valence-electron chi connectivity index (χ2n) is 5.18. The zero-order valence-corrected chi connectivity index (χ0v) is 12.5. The molecule has 3 N–H and O–H groups in total. The van der Waals surface area contributed by atoms with Crippen LogP contribution in [0.1, 0.15) is 22.7 Å². The van der Waals surface area contributed by atoms with Gasteiger partial charge in [-0.15, -0.1) is 0 Å². The lowest BCUT2D eigenvalue weighted by molar-refractivity contribution is 0.0696. The molecule has 0 spiro atoms. The number of carbonyl (C=O) groups excluding carboxylic acids is 1. The van der Waals surface area contributed by atoms with Crippen molar-refractivity contribution in [2.45, 2.75) is 12.8 Å². The van der Waals surface area contributed by atoms with E-state index in [1.54, 1.807) is 0 Å². The molecule has 1 aromatic heterocycles. The van der Waals surface area contributed by atoms with E-state index in [4.69, 9.17) is 9.73 Å². The standard InChI is InChI=1S/C17H17N3O3/c21-17(19-22)16-11-13(23-20-16)7-4-10-18-15-9-3-6-12-5-1-2-8-14(12)15/h1-3,5-6,8-9,11,18,22H,4,7,10H2,(H,19,21). The highest BCUT2D eigenvalue weighted by Crippen LogP contribution is 2.22. The topological polar surface area (TPSA) is 87.4 Å². The molecule has 0 aliphatic heterocycles. The van der Waals surface area contributed by atoms with E-state index < -0.39 is 5.91 Å². The van der Waals surface area contributed by atoms with Gasteiger partial charge >= 0.3 is 0 Å². The first-order chi connectivity index (χ1) is 11.3. The van der Waals surface area contributed by atoms with E-state index in [0.717, 1.165) is 18.7 Å². The van der Waals surface area contributed by atoms with Gasteiger partial charge in [0.25, 0.3) is 5.91 Å². The highest BCUT2D eigenvalue weighted by Gasteiger charge is 2.11. The first-order valence-electron chi connectivity index (χ1n) is 7.39. The molecule has 0 aliphatic carbocycles. The predicted molar refractivity (Wildman–Crippen MR) is 86.5 cm³/mol. The van der Waals surface area contributed by atoms with Crippen LogP contribution in [0.25, 0.3) is 10.8 Å². The van der Waals surface area contributed by atoms with Crippen molar-refractivity contribution in [1.82, 2.24) is 10.6 Å². The molecule has 6 heteroatoms. The van der Waals surface area contributed by atoms with Crippen molar-refractivity contribution in [2.24, 2.45) is 0 Å². The normalized spacial score (nSPS) is 10.7. The van der Waals surface area contributed by atoms with Crippen molar-refractivity contribution >= 4 is 22.4 Å². The van der Waals surface area contributed by atoms with Crippen LogP contribution in [0.3, 0.4) is 0 Å². The average Bonchev–Trinajstić information content (AvgIpc) is 3.07. The number of carbonyl (C=O) groups is 1. The largest absolute Gasteiger partial charge is 0.385 e. The van der Waals surface area contributed by atoms with E-state index >= 15 is 0 Å². The van der Waals surface area contributed by atoms with E-state index in [1.165, 1.54) is 22.3 Å². The summed E-state index contributed by atoms with van der Waals surface area (Å²) in [5.41, 5.74) is 2.70. The molecular weight excluding hydrogens is 294 g/mol. The molecule has 0 bridgehead atoms. The van der Waals surface area contributed by atoms with Crippen molar-refractivity contribution in [3.63, 3.8) is 0 Å². The van der Waals surface area contributed by atoms with Crippen LogP contribution in [0.4, 0.5) is 5.69 Å². The van der Waals surface area contributed by atoms with Gasteiger partial charge in [-0.2, -0.15) is 0 Å². The minimum atomic E-state index is -0.672. The fraction of sp³-hybridized carbons (Fsp3) is 0.176. The third kappa shape index (κ3) is 3.49. The third-order valence-corrected chi connectivity index (χ3v) is 3.60. The van der Waals surface area contributed by atoms with Crippen molar-refractivity contribution < 1.29 is 14.5 Å². The maximum absolute atomic E-state index is 11.2. The van der Waals surface area contributed by atoms with Crippen LogP contribution in [-0.4, -0.2) is 22.8 Å². The number of fused-ring (bicyclic) bond motifs is 1. The number of hydrogen-bond donors (Lipinski definition) is 3. The fourth-order valence-electron chi connectivity index (χ4n) is 2.46. The first-order valence-corrected chi connectivity index (χ1v) is 7.39. The Kier molecular flexibility index (Phi) is 4.54. The number of rotatable bonds is 6. The average molecular weight is 311 g/mol. The predicted octanol–water partition coefficient (Wildman–Crippen LogP) is 2.99. The van der Waals surface area contributed by atoms with Gasteiger partial charge in [0.2, 0.25) is 0 Å². The number of anilines is 1. The smallest absolute Gasteiger partial charge is 0.296 e. The number of benzene rings is 2. The minimum absolute atomic E-state index is 0.0736. The summed E-state index contributed by atoms with van der Waals surface area (Å²) >= 11 is 0. The first kappa shape index (κ1) is 15.1. The molecule has 23 heavy (non-hydrogen) atoms. The van der Waals surface area contributed by atoms with Gasteiger partial charge in [-0.1, -0.05) is 41.6 Å². The van der Waals surface area contributed by atoms with Crippen LogP contribution in [-0.2, 0) is 6.42 Å². The van der Waals surface area contributed by atoms with Crippen molar-refractivity contribution in [3.05, 3.63) is 60.0 Å². The number of nitrogens with one attached hydrogen (secondary N) is 2. The van der Waals surface area contributed by atoms with Gasteiger partial charge in [0.15, 0.2) is 5.69 Å². The third-order valence-electron chi connectivity index (χ3n) is 3.60. The van der Waals surface area contributed by atoms with Gasteiger partial charge in [0.1, 0.15) is 5.76 Å². The number of hydrogen-bond acceptors (Lipinski definition) is 5. The molecule has 2 aromatic carbocycles. The van der Waals surface area contributed by atoms with Crippen LogP contribution in [0.2, 0.25) is 0 Å². The zero-order chi connectivity index (χ0) is 16.1. The summed E-state index contributed by atoms with van der Waals surface area (Å²) in [6.07, 6.45) is 1.49. The highest BCUT2D eigenvalue weighted by molar-refractivity contribution is 5.93. The summed E-state index contributed by atoms with van der Waals surface area (Å²) in [7, 11) is 0. The second-order valence-corrected chi connectivity index (χ2v) is 5.18. The summed E-state index contributed by atoms with van der Waals surface area (Å²) in [6, 6.07) is 15.9. The lowest BCUT2D eigenvalue weighted by Gasteiger charge is -2.09. The van der Waals surface area contributed by atoms with E-state index in [1.807, 2.05) is 18.2 Å². The molecule has 0 atom stereocenters. The van der Waals surface area contributed by atoms with Crippen LogP contribution in [0.15, 0.2) is 53.1 Å². The van der Waals surface area contributed by atoms with Gasteiger partial charge in [-0.3, -0.25) is 10.0 Å². The molecule has 6 nitrogen and oxygen atoms in total. The lowest BCUT2D eigenvalue weighted by Crippen LogP contribution is -2.18. The molecule has 3 rings (SSSR count). The second kappa shape index (κ2) is 6.93. The van der Waals surface area contributed by atoms with Crippen molar-refractivity contribution in [3.8, 4) is 0 Å². The number of nitrogens with zero attached hydrogens (tertiary/aromatic N) is 1. The fourth-order valence-corrected chi connectivity index (χ4v) is 2.46. The van der Waals surface area contributed by atoms with Gasteiger partial charge in [0, 0.05) is 30.1 Å². The lowest BCUT2D eigenvalue weighted by atomic mass is 10.1. The highest BCUT2D eigenvalue weighted by atomic mass is 16.5. The van der Waals surface area contributed by atoms with E-state index in [2.05, 4.69) is 34.7 Å². The molecule has 0 saturated heterocycles. The number of amides is 1. The summed E-state index contributed by atoms with van der Waals surface area (Å²) < 4.78 is 5.06. The summed E-state index contributed by atoms with van der Waals surface area (Å²) in [5.74, 6) is -0.0581. The maximum atomic E-state index is 11.2. The molecule has 1 heterocycles. The van der Waals surface area contributed by atoms with E-state index in [-0.39, 0.29) is 5.69 Å². The Labute approximate surface area is 133 Å². The Morgan fingerprint density at radius 1 is 1.17 bits per heavy atom. The van der Waals surface area contributed by atoms with Crippen LogP contribution in [0.5, 0.6) is 0 Å². The van der Waals surface area contributed by atoms with Crippen LogP contribution < -0.4 is 10.8 Å². The van der Waals surface area contributed by atoms with E-state index in [9.17, 15) is 4.79 Å². The Morgan fingerprint density at radius 3 is 2.87 bits per heavy atom. The SMILES string of the molecule is O=C(NO)c1cc(CCCNc2cccc3ccccc23)on1. The zero-order valence-electron chi connectivity index (χ0n) is 12.5. The monoisotopic (exact) mass is 311 g/mol. The van der Waals surface area contributed by atoms with Crippen LogP contribution >= 0.6 is 0 Å². The van der Waals surface area contributed by atoms with E-state index in [0.29, 0.717) is 12.2 Å². The van der Waals surface area contributed by atoms with Gasteiger partial charge < -0.3 is 9.84 Å². The molecule has 0 saturated carbocycles. The number of aromatic nitrogens is 1. The Bertz CT molecular complexity index is 808. The van der Waals surface area contributed by atoms with Gasteiger partial charge in [-0.05, 0) is 17.9 Å². The Hall–Kier alpha value is -2.86. The van der Waals surface area contributed by atoms with Crippen LogP contribution in [0, 0.1) is 0 Å². The molecule has 1 amide bonds. The summed E-state index contributed by atoms with van der Waals surface area (Å²) in [6.45, 7) is 0.774. The van der Waals surface area contributed by atoms with Gasteiger partial charge in [-0.25, -0.2) is 5.48 Å². The molecule has 0 aliphatic rings. The minimum Gasteiger partial charge on any atom is -0.385 e. The molecule has 118 valence electrons. The Balaban J connectivity index is 1.55. The molecule has 0 unspecified atom stereocenters.